The van der Waals surface area contributed by atoms with E-state index in [4.69, 9.17) is 10.4 Å². The van der Waals surface area contributed by atoms with Crippen LogP contribution in [0.3, 0.4) is 0 Å². The fourth-order valence-corrected chi connectivity index (χ4v) is 2.33. The van der Waals surface area contributed by atoms with E-state index in [-0.39, 0.29) is 17.1 Å². The van der Waals surface area contributed by atoms with Gasteiger partial charge in [0.05, 0.1) is 5.92 Å². The molecule has 0 aliphatic rings. The molecule has 1 rings (SSSR count). The van der Waals surface area contributed by atoms with Crippen LogP contribution in [0.5, 0.6) is 0 Å². The van der Waals surface area contributed by atoms with Crippen LogP contribution < -0.4 is 4.72 Å². The van der Waals surface area contributed by atoms with Gasteiger partial charge in [0.15, 0.2) is 0 Å². The zero-order chi connectivity index (χ0) is 14.5. The van der Waals surface area contributed by atoms with Crippen molar-refractivity contribution in [2.45, 2.75) is 18.2 Å². The van der Waals surface area contributed by atoms with E-state index in [9.17, 15) is 13.2 Å². The van der Waals surface area contributed by atoms with Crippen molar-refractivity contribution in [3.05, 3.63) is 24.0 Å². The Labute approximate surface area is 110 Å². The average Bonchev–Trinajstić information content (AvgIpc) is 2.39. The molecule has 0 radical (unpaired) electrons. The molecule has 102 valence electrons. The molecule has 7 nitrogen and oxygen atoms in total. The molecule has 1 aromatic rings. The minimum absolute atomic E-state index is 0.105. The third kappa shape index (κ3) is 4.01. The molecule has 0 bridgehead atoms. The molecule has 1 atom stereocenters. The van der Waals surface area contributed by atoms with E-state index in [0.717, 1.165) is 6.20 Å². The Morgan fingerprint density at radius 3 is 2.68 bits per heavy atom. The summed E-state index contributed by atoms with van der Waals surface area (Å²) in [7, 11) is -3.81. The second kappa shape index (κ2) is 6.26. The average molecular weight is 283 g/mol. The SMILES string of the molecule is CCC(CNS(=O)(=O)c1ccc(C#N)nc1)C(=O)O. The summed E-state index contributed by atoms with van der Waals surface area (Å²) < 4.78 is 25.9. The molecule has 19 heavy (non-hydrogen) atoms. The lowest BCUT2D eigenvalue weighted by atomic mass is 10.1. The second-order valence-electron chi connectivity index (χ2n) is 3.79. The molecule has 1 aromatic heterocycles. The van der Waals surface area contributed by atoms with E-state index in [2.05, 4.69) is 9.71 Å². The van der Waals surface area contributed by atoms with Gasteiger partial charge >= 0.3 is 5.97 Å². The number of rotatable bonds is 6. The van der Waals surface area contributed by atoms with Crippen LogP contribution in [-0.2, 0) is 14.8 Å². The number of nitriles is 1. The minimum atomic E-state index is -3.81. The van der Waals surface area contributed by atoms with Gasteiger partial charge in [-0.1, -0.05) is 6.92 Å². The lowest BCUT2D eigenvalue weighted by molar-refractivity contribution is -0.141. The van der Waals surface area contributed by atoms with Crippen LogP contribution in [0.1, 0.15) is 19.0 Å². The monoisotopic (exact) mass is 283 g/mol. The summed E-state index contributed by atoms with van der Waals surface area (Å²) >= 11 is 0. The molecular weight excluding hydrogens is 270 g/mol. The Hall–Kier alpha value is -1.98. The van der Waals surface area contributed by atoms with E-state index in [1.807, 2.05) is 0 Å². The predicted molar refractivity (Wildman–Crippen MR) is 65.6 cm³/mol. The lowest BCUT2D eigenvalue weighted by Crippen LogP contribution is -2.32. The highest BCUT2D eigenvalue weighted by atomic mass is 32.2. The van der Waals surface area contributed by atoms with Gasteiger partial charge in [0.1, 0.15) is 16.7 Å². The van der Waals surface area contributed by atoms with Gasteiger partial charge in [0.25, 0.3) is 0 Å². The molecule has 0 aliphatic carbocycles. The van der Waals surface area contributed by atoms with Crippen LogP contribution in [0.4, 0.5) is 0 Å². The molecule has 0 saturated carbocycles. The first-order chi connectivity index (χ1) is 8.90. The summed E-state index contributed by atoms with van der Waals surface area (Å²) in [6, 6.07) is 4.30. The maximum atomic E-state index is 11.8. The highest BCUT2D eigenvalue weighted by Crippen LogP contribution is 2.09. The van der Waals surface area contributed by atoms with Crippen LogP contribution in [0, 0.1) is 17.2 Å². The van der Waals surface area contributed by atoms with Gasteiger partial charge < -0.3 is 5.11 Å². The van der Waals surface area contributed by atoms with Crippen molar-refractivity contribution in [3.63, 3.8) is 0 Å². The van der Waals surface area contributed by atoms with Crippen LogP contribution >= 0.6 is 0 Å². The third-order valence-corrected chi connectivity index (χ3v) is 3.93. The van der Waals surface area contributed by atoms with Crippen molar-refractivity contribution in [3.8, 4) is 6.07 Å². The number of aliphatic carboxylic acids is 1. The number of carboxylic acid groups (broad SMARTS) is 1. The minimum Gasteiger partial charge on any atom is -0.481 e. The van der Waals surface area contributed by atoms with Crippen molar-refractivity contribution >= 4 is 16.0 Å². The summed E-state index contributed by atoms with van der Waals surface area (Å²) in [4.78, 5) is 14.3. The van der Waals surface area contributed by atoms with Crippen molar-refractivity contribution < 1.29 is 18.3 Å². The fraction of sp³-hybridized carbons (Fsp3) is 0.364. The molecule has 0 saturated heterocycles. The number of sulfonamides is 1. The number of pyridine rings is 1. The Morgan fingerprint density at radius 1 is 1.58 bits per heavy atom. The van der Waals surface area contributed by atoms with E-state index < -0.39 is 21.9 Å². The topological polar surface area (TPSA) is 120 Å². The number of hydrogen-bond acceptors (Lipinski definition) is 5. The van der Waals surface area contributed by atoms with Crippen LogP contribution in [0.2, 0.25) is 0 Å². The van der Waals surface area contributed by atoms with Crippen LogP contribution in [0.15, 0.2) is 23.2 Å². The Balaban J connectivity index is 2.81. The normalized spacial score (nSPS) is 12.6. The number of carbonyl (C=O) groups is 1. The molecule has 0 spiro atoms. The lowest BCUT2D eigenvalue weighted by Gasteiger charge is -2.11. The van der Waals surface area contributed by atoms with Crippen molar-refractivity contribution in [1.82, 2.24) is 9.71 Å². The summed E-state index contributed by atoms with van der Waals surface area (Å²) in [6.07, 6.45) is 1.38. The van der Waals surface area contributed by atoms with Crippen LogP contribution in [-0.4, -0.2) is 31.0 Å². The van der Waals surface area contributed by atoms with Gasteiger partial charge in [-0.15, -0.1) is 0 Å². The highest BCUT2D eigenvalue weighted by molar-refractivity contribution is 7.89. The maximum absolute atomic E-state index is 11.8. The number of nitrogens with zero attached hydrogens (tertiary/aromatic N) is 2. The molecule has 1 heterocycles. The Bertz CT molecular complexity index is 589. The quantitative estimate of drug-likeness (QED) is 0.776. The van der Waals surface area contributed by atoms with E-state index in [1.54, 1.807) is 13.0 Å². The number of aromatic nitrogens is 1. The molecule has 0 amide bonds. The number of nitrogens with one attached hydrogen (secondary N) is 1. The molecule has 1 unspecified atom stereocenters. The van der Waals surface area contributed by atoms with Crippen molar-refractivity contribution in [2.24, 2.45) is 5.92 Å². The second-order valence-corrected chi connectivity index (χ2v) is 5.55. The first kappa shape index (κ1) is 15.1. The van der Waals surface area contributed by atoms with Gasteiger partial charge in [0, 0.05) is 12.7 Å². The fourth-order valence-electron chi connectivity index (χ4n) is 1.31. The maximum Gasteiger partial charge on any atom is 0.307 e. The van der Waals surface area contributed by atoms with E-state index in [0.29, 0.717) is 6.42 Å². The first-order valence-corrected chi connectivity index (χ1v) is 6.97. The standard InChI is InChI=1S/C11H13N3O4S/c1-2-8(11(15)16)6-14-19(17,18)10-4-3-9(5-12)13-7-10/h3-4,7-8,14H,2,6H2,1H3,(H,15,16). The van der Waals surface area contributed by atoms with Crippen LogP contribution in [0.25, 0.3) is 0 Å². The first-order valence-electron chi connectivity index (χ1n) is 5.49. The molecule has 2 N–H and O–H groups in total. The Kier molecular flexibility index (Phi) is 4.97. The molecule has 0 fully saturated rings. The van der Waals surface area contributed by atoms with Gasteiger partial charge in [-0.3, -0.25) is 4.79 Å². The summed E-state index contributed by atoms with van der Waals surface area (Å²) in [5.41, 5.74) is 0.107. The zero-order valence-corrected chi connectivity index (χ0v) is 11.0. The van der Waals surface area contributed by atoms with Gasteiger partial charge in [-0.05, 0) is 18.6 Å². The van der Waals surface area contributed by atoms with Crippen molar-refractivity contribution in [2.75, 3.05) is 6.54 Å². The number of carboxylic acids is 1. The van der Waals surface area contributed by atoms with Gasteiger partial charge in [-0.2, -0.15) is 5.26 Å². The summed E-state index contributed by atoms with van der Waals surface area (Å²) in [5.74, 6) is -1.83. The highest BCUT2D eigenvalue weighted by Gasteiger charge is 2.20. The van der Waals surface area contributed by atoms with E-state index in [1.165, 1.54) is 12.1 Å². The Morgan fingerprint density at radius 2 is 2.26 bits per heavy atom. The van der Waals surface area contributed by atoms with E-state index >= 15 is 0 Å². The predicted octanol–water partition coefficient (Wildman–Crippen LogP) is 0.342. The van der Waals surface area contributed by atoms with Crippen molar-refractivity contribution in [1.29, 1.82) is 5.26 Å². The molecular formula is C11H13N3O4S. The summed E-state index contributed by atoms with van der Waals surface area (Å²) in [5, 5.41) is 17.4. The third-order valence-electron chi connectivity index (χ3n) is 2.52. The largest absolute Gasteiger partial charge is 0.481 e. The van der Waals surface area contributed by atoms with Gasteiger partial charge in [-0.25, -0.2) is 18.1 Å². The number of hydrogen-bond donors (Lipinski definition) is 2. The smallest absolute Gasteiger partial charge is 0.307 e. The van der Waals surface area contributed by atoms with Gasteiger partial charge in [0.2, 0.25) is 10.0 Å². The molecule has 0 aliphatic heterocycles. The zero-order valence-electron chi connectivity index (χ0n) is 10.2. The summed E-state index contributed by atoms with van der Waals surface area (Å²) in [6.45, 7) is 1.48. The molecule has 0 aromatic carbocycles. The molecule has 8 heteroatoms.